The van der Waals surface area contributed by atoms with E-state index in [1.807, 2.05) is 24.3 Å². The van der Waals surface area contributed by atoms with Crippen molar-refractivity contribution < 1.29 is 9.53 Å². The molecule has 1 aromatic carbocycles. The molecule has 0 saturated carbocycles. The molecule has 0 unspecified atom stereocenters. The van der Waals surface area contributed by atoms with Crippen molar-refractivity contribution in [3.63, 3.8) is 0 Å². The Bertz CT molecular complexity index is 590. The van der Waals surface area contributed by atoms with Crippen molar-refractivity contribution in [1.29, 1.82) is 0 Å². The summed E-state index contributed by atoms with van der Waals surface area (Å²) in [6.07, 6.45) is 1.66. The van der Waals surface area contributed by atoms with Crippen LogP contribution in [0.1, 0.15) is 26.3 Å². The highest BCUT2D eigenvalue weighted by atomic mass is 79.9. The van der Waals surface area contributed by atoms with E-state index in [9.17, 15) is 4.79 Å². The molecule has 0 amide bonds. The topological polar surface area (TPSA) is 30.7 Å². The van der Waals surface area contributed by atoms with Gasteiger partial charge in [0.15, 0.2) is 0 Å². The van der Waals surface area contributed by atoms with E-state index in [0.717, 1.165) is 15.6 Å². The van der Waals surface area contributed by atoms with Crippen molar-refractivity contribution in [3.05, 3.63) is 51.8 Å². The van der Waals surface area contributed by atoms with E-state index in [-0.39, 0.29) is 0 Å². The van der Waals surface area contributed by atoms with Gasteiger partial charge in [0, 0.05) is 10.5 Å². The molecular weight excluding hydrogens is 306 g/mol. The van der Waals surface area contributed by atoms with Crippen molar-refractivity contribution in [1.82, 2.24) is 0 Å². The molecule has 0 spiro atoms. The number of ether oxygens (including phenoxy) is 1. The summed E-state index contributed by atoms with van der Waals surface area (Å²) in [4.78, 5) is 15.6. The summed E-state index contributed by atoms with van der Waals surface area (Å²) in [7, 11) is 0. The zero-order valence-electron chi connectivity index (χ0n) is 11.0. The van der Waals surface area contributed by atoms with E-state index < -0.39 is 17.1 Å². The molecule has 0 N–H and O–H groups in total. The second-order valence-electron chi connectivity index (χ2n) is 5.44. The minimum atomic E-state index is -1.22. The highest BCUT2D eigenvalue weighted by Crippen LogP contribution is 2.47. The van der Waals surface area contributed by atoms with Crippen LogP contribution in [0, 0.1) is 6.57 Å². The quantitative estimate of drug-likeness (QED) is 0.612. The van der Waals surface area contributed by atoms with E-state index in [2.05, 4.69) is 20.8 Å². The number of hydrogen-bond donors (Lipinski definition) is 0. The Morgan fingerprint density at radius 1 is 1.32 bits per heavy atom. The lowest BCUT2D eigenvalue weighted by Gasteiger charge is -2.20. The summed E-state index contributed by atoms with van der Waals surface area (Å²) in [5.41, 5.74) is -0.203. The van der Waals surface area contributed by atoms with Gasteiger partial charge in [0.05, 0.1) is 5.57 Å². The molecule has 1 atom stereocenters. The van der Waals surface area contributed by atoms with Gasteiger partial charge in [-0.05, 0) is 38.5 Å². The van der Waals surface area contributed by atoms with Gasteiger partial charge in [-0.2, -0.15) is 0 Å². The first-order chi connectivity index (χ1) is 8.78. The summed E-state index contributed by atoms with van der Waals surface area (Å²) in [5, 5.41) is 0. The van der Waals surface area contributed by atoms with E-state index in [1.54, 1.807) is 26.8 Å². The van der Waals surface area contributed by atoms with Crippen LogP contribution >= 0.6 is 15.9 Å². The molecule has 2 rings (SSSR count). The molecule has 0 bridgehead atoms. The predicted octanol–water partition coefficient (Wildman–Crippen LogP) is 3.85. The lowest BCUT2D eigenvalue weighted by molar-refractivity contribution is -0.155. The van der Waals surface area contributed by atoms with Crippen LogP contribution in [-0.2, 0) is 9.53 Å². The average Bonchev–Trinajstić information content (AvgIpc) is 3.04. The standard InChI is InChI=1S/C15H14BrNO2/c1-14(2,3)19-13(18)15(17-4)9-12(15)10-5-7-11(16)8-6-10/h5-9H,1-3H3/t15-/m0/s1. The summed E-state index contributed by atoms with van der Waals surface area (Å²) in [6, 6.07) is 7.54. The Labute approximate surface area is 121 Å². The number of halogens is 1. The molecule has 98 valence electrons. The second-order valence-corrected chi connectivity index (χ2v) is 6.36. The molecule has 0 aliphatic heterocycles. The van der Waals surface area contributed by atoms with Crippen molar-refractivity contribution in [2.45, 2.75) is 31.9 Å². The summed E-state index contributed by atoms with van der Waals surface area (Å²) in [5.74, 6) is -0.493. The maximum absolute atomic E-state index is 12.1. The fourth-order valence-electron chi connectivity index (χ4n) is 1.77. The molecule has 3 nitrogen and oxygen atoms in total. The van der Waals surface area contributed by atoms with Crippen LogP contribution in [-0.4, -0.2) is 17.1 Å². The Kier molecular flexibility index (Phi) is 3.27. The monoisotopic (exact) mass is 319 g/mol. The molecule has 0 heterocycles. The first-order valence-electron chi connectivity index (χ1n) is 5.90. The number of rotatable bonds is 2. The van der Waals surface area contributed by atoms with E-state index in [0.29, 0.717) is 0 Å². The van der Waals surface area contributed by atoms with Crippen LogP contribution in [0.25, 0.3) is 10.4 Å². The summed E-state index contributed by atoms with van der Waals surface area (Å²) >= 11 is 3.36. The Morgan fingerprint density at radius 2 is 1.89 bits per heavy atom. The molecule has 1 aromatic rings. The third-order valence-corrected chi connectivity index (χ3v) is 3.25. The van der Waals surface area contributed by atoms with E-state index in [4.69, 9.17) is 11.3 Å². The Morgan fingerprint density at radius 3 is 2.37 bits per heavy atom. The SMILES string of the molecule is [C-]#[N+][C@@]1(C(=O)OC(C)(C)C)C=C1c1ccc(Br)cc1. The van der Waals surface area contributed by atoms with Gasteiger partial charge in [0.2, 0.25) is 0 Å². The molecule has 0 radical (unpaired) electrons. The van der Waals surface area contributed by atoms with Gasteiger partial charge in [0.1, 0.15) is 5.60 Å². The van der Waals surface area contributed by atoms with Crippen molar-refractivity contribution in [2.24, 2.45) is 0 Å². The van der Waals surface area contributed by atoms with Crippen LogP contribution in [0.3, 0.4) is 0 Å². The molecule has 0 fully saturated rings. The first kappa shape index (κ1) is 13.8. The normalized spacial score (nSPS) is 21.3. The van der Waals surface area contributed by atoms with E-state index >= 15 is 0 Å². The van der Waals surface area contributed by atoms with Crippen LogP contribution in [0.4, 0.5) is 0 Å². The minimum absolute atomic E-state index is 0.493. The van der Waals surface area contributed by atoms with Gasteiger partial charge in [-0.15, -0.1) is 0 Å². The molecule has 1 aliphatic rings. The Hall–Kier alpha value is -1.60. The van der Waals surface area contributed by atoms with Crippen LogP contribution in [0.5, 0.6) is 0 Å². The third kappa shape index (κ3) is 2.71. The number of nitrogens with zero attached hydrogens (tertiary/aromatic N) is 1. The number of carbonyl (C=O) groups excluding carboxylic acids is 1. The molecule has 19 heavy (non-hydrogen) atoms. The highest BCUT2D eigenvalue weighted by molar-refractivity contribution is 9.10. The maximum Gasteiger partial charge on any atom is 0.403 e. The number of benzene rings is 1. The first-order valence-corrected chi connectivity index (χ1v) is 6.69. The van der Waals surface area contributed by atoms with Gasteiger partial charge in [-0.25, -0.2) is 11.4 Å². The minimum Gasteiger partial charge on any atom is -0.453 e. The fourth-order valence-corrected chi connectivity index (χ4v) is 2.03. The van der Waals surface area contributed by atoms with Gasteiger partial charge in [0.25, 0.3) is 0 Å². The number of hydrogen-bond acceptors (Lipinski definition) is 2. The van der Waals surface area contributed by atoms with Crippen molar-refractivity contribution >= 4 is 27.5 Å². The van der Waals surface area contributed by atoms with Crippen LogP contribution in [0.2, 0.25) is 0 Å². The zero-order valence-corrected chi connectivity index (χ0v) is 12.6. The molecule has 1 aliphatic carbocycles. The van der Waals surface area contributed by atoms with Gasteiger partial charge < -0.3 is 4.74 Å². The molecule has 4 heteroatoms. The maximum atomic E-state index is 12.1. The van der Waals surface area contributed by atoms with Gasteiger partial charge in [-0.1, -0.05) is 28.1 Å². The highest BCUT2D eigenvalue weighted by Gasteiger charge is 2.62. The molecule has 0 aromatic heterocycles. The van der Waals surface area contributed by atoms with E-state index in [1.165, 1.54) is 0 Å². The van der Waals surface area contributed by atoms with Crippen molar-refractivity contribution in [3.8, 4) is 0 Å². The lowest BCUT2D eigenvalue weighted by Crippen LogP contribution is -2.33. The Balaban J connectivity index is 2.20. The van der Waals surface area contributed by atoms with Crippen LogP contribution < -0.4 is 0 Å². The zero-order chi connectivity index (χ0) is 14.3. The lowest BCUT2D eigenvalue weighted by atomic mass is 10.1. The number of esters is 1. The van der Waals surface area contributed by atoms with Gasteiger partial charge in [-0.3, -0.25) is 4.85 Å². The predicted molar refractivity (Wildman–Crippen MR) is 77.3 cm³/mol. The average molecular weight is 320 g/mol. The smallest absolute Gasteiger partial charge is 0.403 e. The second kappa shape index (κ2) is 4.50. The van der Waals surface area contributed by atoms with Crippen molar-refractivity contribution in [2.75, 3.05) is 0 Å². The fraction of sp³-hybridized carbons (Fsp3) is 0.333. The molecule has 0 saturated heterocycles. The summed E-state index contributed by atoms with van der Waals surface area (Å²) in [6.45, 7) is 12.7. The van der Waals surface area contributed by atoms with Gasteiger partial charge >= 0.3 is 11.5 Å². The largest absolute Gasteiger partial charge is 0.453 e. The number of carbonyl (C=O) groups is 1. The van der Waals surface area contributed by atoms with Crippen LogP contribution in [0.15, 0.2) is 34.8 Å². The third-order valence-electron chi connectivity index (χ3n) is 2.72. The molecular formula is C15H14BrNO2. The summed E-state index contributed by atoms with van der Waals surface area (Å²) < 4.78 is 6.28.